The summed E-state index contributed by atoms with van der Waals surface area (Å²) in [6, 6.07) is 5.80. The highest BCUT2D eigenvalue weighted by atomic mass is 35.5. The SMILES string of the molecule is Cc1cc(Cl)cc2c(C#N)c[nH]c12. The Hall–Kier alpha value is -1.46. The van der Waals surface area contributed by atoms with Crippen LogP contribution in [0.1, 0.15) is 11.1 Å². The van der Waals surface area contributed by atoms with E-state index in [1.165, 1.54) is 0 Å². The largest absolute Gasteiger partial charge is 0.360 e. The summed E-state index contributed by atoms with van der Waals surface area (Å²) in [6.07, 6.45) is 1.70. The van der Waals surface area contributed by atoms with Gasteiger partial charge in [0.25, 0.3) is 0 Å². The van der Waals surface area contributed by atoms with Crippen LogP contribution in [0.3, 0.4) is 0 Å². The lowest BCUT2D eigenvalue weighted by Gasteiger charge is -1.97. The minimum absolute atomic E-state index is 0.639. The van der Waals surface area contributed by atoms with Crippen molar-refractivity contribution in [2.45, 2.75) is 6.92 Å². The number of nitrogens with zero attached hydrogens (tertiary/aromatic N) is 1. The first kappa shape index (κ1) is 8.15. The van der Waals surface area contributed by atoms with Crippen molar-refractivity contribution in [3.63, 3.8) is 0 Å². The second-order valence-electron chi connectivity index (χ2n) is 2.96. The van der Waals surface area contributed by atoms with Gasteiger partial charge < -0.3 is 4.98 Å². The Balaban J connectivity index is 2.92. The lowest BCUT2D eigenvalue weighted by Crippen LogP contribution is -1.77. The van der Waals surface area contributed by atoms with Crippen molar-refractivity contribution in [2.75, 3.05) is 0 Å². The molecule has 0 bridgehead atoms. The Bertz CT molecular complexity index is 505. The van der Waals surface area contributed by atoms with Crippen LogP contribution in [0.25, 0.3) is 10.9 Å². The van der Waals surface area contributed by atoms with Gasteiger partial charge in [0.2, 0.25) is 0 Å². The molecule has 0 radical (unpaired) electrons. The minimum Gasteiger partial charge on any atom is -0.360 e. The van der Waals surface area contributed by atoms with Crippen LogP contribution >= 0.6 is 11.6 Å². The van der Waals surface area contributed by atoms with E-state index in [-0.39, 0.29) is 0 Å². The normalized spacial score (nSPS) is 10.2. The third kappa shape index (κ3) is 1.18. The predicted molar refractivity (Wildman–Crippen MR) is 52.8 cm³/mol. The van der Waals surface area contributed by atoms with Crippen LogP contribution in [0.2, 0.25) is 5.02 Å². The molecule has 0 unspecified atom stereocenters. The van der Waals surface area contributed by atoms with Crippen molar-refractivity contribution >= 4 is 22.5 Å². The Morgan fingerprint density at radius 1 is 1.46 bits per heavy atom. The number of aryl methyl sites for hydroxylation is 1. The fraction of sp³-hybridized carbons (Fsp3) is 0.100. The summed E-state index contributed by atoms with van der Waals surface area (Å²) < 4.78 is 0. The van der Waals surface area contributed by atoms with E-state index >= 15 is 0 Å². The minimum atomic E-state index is 0.639. The van der Waals surface area contributed by atoms with Gasteiger partial charge in [0.1, 0.15) is 6.07 Å². The summed E-state index contributed by atoms with van der Waals surface area (Å²) in [4.78, 5) is 3.05. The molecule has 1 heterocycles. The lowest BCUT2D eigenvalue weighted by molar-refractivity contribution is 1.41. The number of fused-ring (bicyclic) bond motifs is 1. The Morgan fingerprint density at radius 2 is 2.23 bits per heavy atom. The fourth-order valence-corrected chi connectivity index (χ4v) is 1.73. The molecule has 1 aromatic carbocycles. The number of rotatable bonds is 0. The molecule has 1 aromatic heterocycles. The van der Waals surface area contributed by atoms with Crippen LogP contribution in [0.5, 0.6) is 0 Å². The molecule has 0 atom stereocenters. The number of aromatic nitrogens is 1. The third-order valence-corrected chi connectivity index (χ3v) is 2.29. The van der Waals surface area contributed by atoms with E-state index in [2.05, 4.69) is 11.1 Å². The molecule has 2 aromatic rings. The van der Waals surface area contributed by atoms with Crippen molar-refractivity contribution < 1.29 is 0 Å². The molecule has 0 aliphatic carbocycles. The molecule has 0 aliphatic rings. The second kappa shape index (κ2) is 2.79. The molecule has 0 saturated carbocycles. The van der Waals surface area contributed by atoms with Gasteiger partial charge in [-0.25, -0.2) is 0 Å². The molecule has 2 rings (SSSR count). The second-order valence-corrected chi connectivity index (χ2v) is 3.40. The molecule has 0 fully saturated rings. The van der Waals surface area contributed by atoms with Gasteiger partial charge in [0, 0.05) is 22.1 Å². The van der Waals surface area contributed by atoms with Gasteiger partial charge in [0.05, 0.1) is 5.56 Å². The van der Waals surface area contributed by atoms with E-state index in [1.807, 2.05) is 13.0 Å². The van der Waals surface area contributed by atoms with E-state index < -0.39 is 0 Å². The Morgan fingerprint density at radius 3 is 2.92 bits per heavy atom. The summed E-state index contributed by atoms with van der Waals surface area (Å²) in [5, 5.41) is 10.4. The molecule has 1 N–H and O–H groups in total. The third-order valence-electron chi connectivity index (χ3n) is 2.07. The average molecular weight is 191 g/mol. The van der Waals surface area contributed by atoms with E-state index in [1.54, 1.807) is 12.3 Å². The van der Waals surface area contributed by atoms with Crippen LogP contribution in [-0.4, -0.2) is 4.98 Å². The molecular weight excluding hydrogens is 184 g/mol. The van der Waals surface area contributed by atoms with Gasteiger partial charge in [-0.3, -0.25) is 0 Å². The zero-order valence-electron chi connectivity index (χ0n) is 7.06. The monoisotopic (exact) mass is 190 g/mol. The van der Waals surface area contributed by atoms with Crippen molar-refractivity contribution in [3.05, 3.63) is 34.5 Å². The van der Waals surface area contributed by atoms with E-state index in [0.29, 0.717) is 10.6 Å². The number of H-pyrrole nitrogens is 1. The van der Waals surface area contributed by atoms with E-state index in [9.17, 15) is 0 Å². The maximum atomic E-state index is 8.79. The van der Waals surface area contributed by atoms with Crippen LogP contribution in [-0.2, 0) is 0 Å². The van der Waals surface area contributed by atoms with Gasteiger partial charge in [-0.05, 0) is 24.6 Å². The fourth-order valence-electron chi connectivity index (χ4n) is 1.46. The summed E-state index contributed by atoms with van der Waals surface area (Å²) >= 11 is 5.89. The molecule has 3 heteroatoms. The summed E-state index contributed by atoms with van der Waals surface area (Å²) in [5.74, 6) is 0. The Kier molecular flexibility index (Phi) is 1.75. The Labute approximate surface area is 80.7 Å². The van der Waals surface area contributed by atoms with Gasteiger partial charge in [0.15, 0.2) is 0 Å². The smallest absolute Gasteiger partial charge is 0.101 e. The maximum Gasteiger partial charge on any atom is 0.101 e. The number of aromatic amines is 1. The van der Waals surface area contributed by atoms with Crippen LogP contribution in [0, 0.1) is 18.3 Å². The first-order valence-corrected chi connectivity index (χ1v) is 4.27. The van der Waals surface area contributed by atoms with Gasteiger partial charge >= 0.3 is 0 Å². The highest BCUT2D eigenvalue weighted by molar-refractivity contribution is 6.31. The zero-order chi connectivity index (χ0) is 9.42. The molecule has 0 saturated heterocycles. The highest BCUT2D eigenvalue weighted by Gasteiger charge is 2.05. The predicted octanol–water partition coefficient (Wildman–Crippen LogP) is 3.00. The first-order valence-electron chi connectivity index (χ1n) is 3.89. The lowest BCUT2D eigenvalue weighted by atomic mass is 10.1. The van der Waals surface area contributed by atoms with Crippen LogP contribution < -0.4 is 0 Å². The number of nitrogens with one attached hydrogen (secondary N) is 1. The molecule has 0 amide bonds. The maximum absolute atomic E-state index is 8.79. The molecule has 64 valence electrons. The first-order chi connectivity index (χ1) is 6.22. The highest BCUT2D eigenvalue weighted by Crippen LogP contribution is 2.25. The van der Waals surface area contributed by atoms with Crippen molar-refractivity contribution in [2.24, 2.45) is 0 Å². The zero-order valence-corrected chi connectivity index (χ0v) is 7.81. The number of benzene rings is 1. The molecular formula is C10H7ClN2. The molecule has 13 heavy (non-hydrogen) atoms. The van der Waals surface area contributed by atoms with Gasteiger partial charge in [-0.2, -0.15) is 5.26 Å². The van der Waals surface area contributed by atoms with Crippen LogP contribution in [0.4, 0.5) is 0 Å². The standard InChI is InChI=1S/C10H7ClN2/c1-6-2-8(11)3-9-7(4-12)5-13-10(6)9/h2-3,5,13H,1H3. The molecule has 0 spiro atoms. The van der Waals surface area contributed by atoms with E-state index in [0.717, 1.165) is 16.5 Å². The number of halogens is 1. The number of nitriles is 1. The average Bonchev–Trinajstić information content (AvgIpc) is 2.47. The molecule has 0 aliphatic heterocycles. The number of hydrogen-bond acceptors (Lipinski definition) is 1. The topological polar surface area (TPSA) is 39.6 Å². The summed E-state index contributed by atoms with van der Waals surface area (Å²) in [6.45, 7) is 1.96. The van der Waals surface area contributed by atoms with Crippen molar-refractivity contribution in [1.29, 1.82) is 5.26 Å². The van der Waals surface area contributed by atoms with Gasteiger partial charge in [-0.1, -0.05) is 11.6 Å². The van der Waals surface area contributed by atoms with Crippen molar-refractivity contribution in [3.8, 4) is 6.07 Å². The van der Waals surface area contributed by atoms with E-state index in [4.69, 9.17) is 16.9 Å². The quantitative estimate of drug-likeness (QED) is 0.682. The number of hydrogen-bond donors (Lipinski definition) is 1. The van der Waals surface area contributed by atoms with Crippen LogP contribution in [0.15, 0.2) is 18.3 Å². The molecule has 2 nitrogen and oxygen atoms in total. The summed E-state index contributed by atoms with van der Waals surface area (Å²) in [5.41, 5.74) is 2.69. The van der Waals surface area contributed by atoms with Crippen molar-refractivity contribution in [1.82, 2.24) is 4.98 Å². The summed E-state index contributed by atoms with van der Waals surface area (Å²) in [7, 11) is 0. The van der Waals surface area contributed by atoms with Gasteiger partial charge in [-0.15, -0.1) is 0 Å².